The highest BCUT2D eigenvalue weighted by Gasteiger charge is 2.37. The summed E-state index contributed by atoms with van der Waals surface area (Å²) in [5.74, 6) is -0.432. The molecule has 28 heavy (non-hydrogen) atoms. The first-order valence-corrected chi connectivity index (χ1v) is 9.47. The van der Waals surface area contributed by atoms with Crippen LogP contribution in [-0.4, -0.2) is 35.3 Å². The van der Waals surface area contributed by atoms with Crippen LogP contribution < -0.4 is 10.6 Å². The van der Waals surface area contributed by atoms with Gasteiger partial charge in [0.1, 0.15) is 6.04 Å². The predicted molar refractivity (Wildman–Crippen MR) is 108 cm³/mol. The van der Waals surface area contributed by atoms with Gasteiger partial charge in [-0.3, -0.25) is 14.5 Å². The molecule has 1 aliphatic rings. The number of rotatable bonds is 7. The molecule has 1 saturated heterocycles. The van der Waals surface area contributed by atoms with Gasteiger partial charge in [0.05, 0.1) is 0 Å². The fourth-order valence-electron chi connectivity index (χ4n) is 3.24. The molecule has 0 radical (unpaired) electrons. The Kier molecular flexibility index (Phi) is 6.09. The van der Waals surface area contributed by atoms with Crippen molar-refractivity contribution in [1.29, 1.82) is 0 Å². The van der Waals surface area contributed by atoms with Crippen LogP contribution in [0.4, 0.5) is 10.5 Å². The molecular weight excluding hydrogens is 354 g/mol. The lowest BCUT2D eigenvalue weighted by Gasteiger charge is -2.13. The molecule has 6 heteroatoms. The van der Waals surface area contributed by atoms with Crippen molar-refractivity contribution in [2.75, 3.05) is 11.9 Å². The van der Waals surface area contributed by atoms with Gasteiger partial charge in [0.2, 0.25) is 5.91 Å². The molecular formula is C22H25N3O3. The van der Waals surface area contributed by atoms with E-state index < -0.39 is 6.04 Å². The normalized spacial score (nSPS) is 16.2. The molecule has 146 valence electrons. The van der Waals surface area contributed by atoms with Crippen LogP contribution >= 0.6 is 0 Å². The molecule has 1 unspecified atom stereocenters. The predicted octanol–water partition coefficient (Wildman–Crippen LogP) is 3.19. The lowest BCUT2D eigenvalue weighted by atomic mass is 10.1. The molecule has 2 aromatic carbocycles. The number of benzene rings is 2. The zero-order valence-corrected chi connectivity index (χ0v) is 16.2. The van der Waals surface area contributed by atoms with E-state index in [0.717, 1.165) is 22.4 Å². The molecule has 1 fully saturated rings. The number of hydrogen-bond donors (Lipinski definition) is 2. The second-order valence-corrected chi connectivity index (χ2v) is 7.06. The Hall–Kier alpha value is -3.15. The summed E-state index contributed by atoms with van der Waals surface area (Å²) < 4.78 is 0. The number of carbonyl (C=O) groups excluding carboxylic acids is 3. The van der Waals surface area contributed by atoms with E-state index in [1.54, 1.807) is 0 Å². The number of aryl methyl sites for hydroxylation is 1. The second-order valence-electron chi connectivity index (χ2n) is 7.06. The van der Waals surface area contributed by atoms with Gasteiger partial charge in [-0.15, -0.1) is 0 Å². The Morgan fingerprint density at radius 2 is 1.82 bits per heavy atom. The average molecular weight is 379 g/mol. The van der Waals surface area contributed by atoms with Crippen LogP contribution in [-0.2, 0) is 16.0 Å². The minimum absolute atomic E-state index is 0.163. The van der Waals surface area contributed by atoms with Crippen LogP contribution in [0.3, 0.4) is 0 Å². The molecule has 6 nitrogen and oxygen atoms in total. The Bertz CT molecular complexity index is 880. The van der Waals surface area contributed by atoms with Crippen LogP contribution in [0, 0.1) is 13.8 Å². The van der Waals surface area contributed by atoms with Crippen LogP contribution in [0.25, 0.3) is 0 Å². The number of nitrogens with zero attached hydrogens (tertiary/aromatic N) is 1. The van der Waals surface area contributed by atoms with E-state index >= 15 is 0 Å². The van der Waals surface area contributed by atoms with Gasteiger partial charge in [-0.25, -0.2) is 4.79 Å². The van der Waals surface area contributed by atoms with Crippen molar-refractivity contribution in [3.8, 4) is 0 Å². The van der Waals surface area contributed by atoms with Gasteiger partial charge in [0.15, 0.2) is 0 Å². The summed E-state index contributed by atoms with van der Waals surface area (Å²) in [5, 5.41) is 5.57. The first-order chi connectivity index (χ1) is 13.5. The lowest BCUT2D eigenvalue weighted by Crippen LogP contribution is -2.33. The van der Waals surface area contributed by atoms with E-state index in [1.165, 1.54) is 4.90 Å². The number of anilines is 1. The van der Waals surface area contributed by atoms with Gasteiger partial charge in [0, 0.05) is 18.7 Å². The fraction of sp³-hybridized carbons (Fsp3) is 0.318. The second kappa shape index (κ2) is 8.69. The molecule has 1 heterocycles. The number of urea groups is 1. The van der Waals surface area contributed by atoms with Crippen LogP contribution in [0.1, 0.15) is 29.5 Å². The van der Waals surface area contributed by atoms with Gasteiger partial charge in [-0.1, -0.05) is 42.5 Å². The van der Waals surface area contributed by atoms with Crippen molar-refractivity contribution in [2.24, 2.45) is 0 Å². The standard InChI is InChI=1S/C22H25N3O3/c1-15-7-6-10-18(16(15)2)23-20(26)12-11-19-21(27)25(22(28)24-19)14-13-17-8-4-3-5-9-17/h3-10,19H,11-14H2,1-2H3,(H,23,26)(H,24,28). The SMILES string of the molecule is Cc1cccc(NC(=O)CCC2NC(=O)N(CCc3ccccc3)C2=O)c1C. The molecule has 0 saturated carbocycles. The highest BCUT2D eigenvalue weighted by molar-refractivity contribution is 6.04. The van der Waals surface area contributed by atoms with E-state index in [1.807, 2.05) is 62.4 Å². The number of amides is 4. The summed E-state index contributed by atoms with van der Waals surface area (Å²) in [4.78, 5) is 38.1. The number of hydrogen-bond acceptors (Lipinski definition) is 3. The topological polar surface area (TPSA) is 78.5 Å². The third kappa shape index (κ3) is 4.57. The van der Waals surface area contributed by atoms with Crippen LogP contribution in [0.2, 0.25) is 0 Å². The molecule has 1 aliphatic heterocycles. The maximum Gasteiger partial charge on any atom is 0.324 e. The number of nitrogens with one attached hydrogen (secondary N) is 2. The van der Waals surface area contributed by atoms with Gasteiger partial charge in [-0.2, -0.15) is 0 Å². The highest BCUT2D eigenvalue weighted by atomic mass is 16.2. The van der Waals surface area contributed by atoms with E-state index in [2.05, 4.69) is 10.6 Å². The maximum absolute atomic E-state index is 12.5. The Labute approximate surface area is 164 Å². The third-order valence-corrected chi connectivity index (χ3v) is 5.11. The summed E-state index contributed by atoms with van der Waals surface area (Å²) in [6.07, 6.45) is 1.06. The molecule has 3 rings (SSSR count). The summed E-state index contributed by atoms with van der Waals surface area (Å²) in [5.41, 5.74) is 3.97. The molecule has 0 aliphatic carbocycles. The summed E-state index contributed by atoms with van der Waals surface area (Å²) >= 11 is 0. The summed E-state index contributed by atoms with van der Waals surface area (Å²) in [6.45, 7) is 4.28. The highest BCUT2D eigenvalue weighted by Crippen LogP contribution is 2.19. The molecule has 4 amide bonds. The molecule has 2 N–H and O–H groups in total. The van der Waals surface area contributed by atoms with Gasteiger partial charge >= 0.3 is 6.03 Å². The summed E-state index contributed by atoms with van der Waals surface area (Å²) in [6, 6.07) is 14.4. The molecule has 0 bridgehead atoms. The smallest absolute Gasteiger partial charge is 0.324 e. The van der Waals surface area contributed by atoms with E-state index in [-0.39, 0.29) is 30.7 Å². The van der Waals surface area contributed by atoms with Crippen molar-refractivity contribution in [3.05, 3.63) is 65.2 Å². The first-order valence-electron chi connectivity index (χ1n) is 9.47. The van der Waals surface area contributed by atoms with Crippen LogP contribution in [0.15, 0.2) is 48.5 Å². The quantitative estimate of drug-likeness (QED) is 0.725. The maximum atomic E-state index is 12.5. The molecule has 0 aromatic heterocycles. The first kappa shape index (κ1) is 19.6. The van der Waals surface area contributed by atoms with E-state index in [9.17, 15) is 14.4 Å². The minimum atomic E-state index is -0.646. The van der Waals surface area contributed by atoms with E-state index in [4.69, 9.17) is 0 Å². The van der Waals surface area contributed by atoms with Gasteiger partial charge < -0.3 is 10.6 Å². The average Bonchev–Trinajstić information content (AvgIpc) is 2.96. The van der Waals surface area contributed by atoms with Crippen molar-refractivity contribution < 1.29 is 14.4 Å². The number of carbonyl (C=O) groups is 3. The summed E-state index contributed by atoms with van der Waals surface area (Å²) in [7, 11) is 0. The Morgan fingerprint density at radius 1 is 1.07 bits per heavy atom. The van der Waals surface area contributed by atoms with Crippen molar-refractivity contribution >= 4 is 23.5 Å². The van der Waals surface area contributed by atoms with Crippen molar-refractivity contribution in [3.63, 3.8) is 0 Å². The molecule has 1 atom stereocenters. The van der Waals surface area contributed by atoms with E-state index in [0.29, 0.717) is 13.0 Å². The molecule has 2 aromatic rings. The molecule has 0 spiro atoms. The lowest BCUT2D eigenvalue weighted by molar-refractivity contribution is -0.127. The largest absolute Gasteiger partial charge is 0.326 e. The minimum Gasteiger partial charge on any atom is -0.326 e. The zero-order chi connectivity index (χ0) is 20.1. The Morgan fingerprint density at radius 3 is 2.57 bits per heavy atom. The van der Waals surface area contributed by atoms with Gasteiger partial charge in [0.25, 0.3) is 5.91 Å². The van der Waals surface area contributed by atoms with Crippen molar-refractivity contribution in [2.45, 2.75) is 39.2 Å². The Balaban J connectivity index is 1.51. The third-order valence-electron chi connectivity index (χ3n) is 5.11. The zero-order valence-electron chi connectivity index (χ0n) is 16.2. The number of imide groups is 1. The van der Waals surface area contributed by atoms with Gasteiger partial charge in [-0.05, 0) is 49.4 Å². The van der Waals surface area contributed by atoms with Crippen LogP contribution in [0.5, 0.6) is 0 Å². The van der Waals surface area contributed by atoms with Crippen molar-refractivity contribution in [1.82, 2.24) is 10.2 Å². The fourth-order valence-corrected chi connectivity index (χ4v) is 3.24. The monoisotopic (exact) mass is 379 g/mol.